The third kappa shape index (κ3) is 3.87. The van der Waals surface area contributed by atoms with Gasteiger partial charge in [-0.15, -0.1) is 23.1 Å². The Hall–Kier alpha value is -1.63. The van der Waals surface area contributed by atoms with Gasteiger partial charge in [0, 0.05) is 16.0 Å². The minimum absolute atomic E-state index is 0.284. The molecule has 0 bridgehead atoms. The molecular weight excluding hydrogens is 364 g/mol. The third-order valence-electron chi connectivity index (χ3n) is 4.56. The number of aliphatic hydroxyl groups is 1. The number of thiophene rings is 1. The number of hydrogen-bond donors (Lipinski definition) is 1. The highest BCUT2D eigenvalue weighted by molar-refractivity contribution is 7.99. The van der Waals surface area contributed by atoms with Gasteiger partial charge in [-0.3, -0.25) is 0 Å². The maximum absolute atomic E-state index is 10.3. The number of hydrogen-bond acceptors (Lipinski definition) is 6. The molecule has 1 atom stereocenters. The van der Waals surface area contributed by atoms with E-state index in [0.29, 0.717) is 5.75 Å². The maximum atomic E-state index is 10.3. The first kappa shape index (κ1) is 17.8. The quantitative estimate of drug-likeness (QED) is 0.502. The van der Waals surface area contributed by atoms with Crippen LogP contribution in [0.15, 0.2) is 35.6 Å². The van der Waals surface area contributed by atoms with E-state index in [1.165, 1.54) is 28.7 Å². The van der Waals surface area contributed by atoms with Gasteiger partial charge in [-0.05, 0) is 55.9 Å². The zero-order valence-corrected chi connectivity index (χ0v) is 16.4. The summed E-state index contributed by atoms with van der Waals surface area (Å²) in [6, 6.07) is 7.88. The lowest BCUT2D eigenvalue weighted by Crippen LogP contribution is -2.20. The molecule has 1 aliphatic rings. The van der Waals surface area contributed by atoms with Gasteiger partial charge in [-0.2, -0.15) is 0 Å². The molecule has 26 heavy (non-hydrogen) atoms. The molecule has 1 N–H and O–H groups in total. The number of aryl methyl sites for hydroxylation is 3. The Morgan fingerprint density at radius 3 is 3.04 bits per heavy atom. The van der Waals surface area contributed by atoms with E-state index < -0.39 is 6.10 Å². The first-order valence-electron chi connectivity index (χ1n) is 8.96. The predicted octanol–water partition coefficient (Wildman–Crippen LogP) is 4.41. The van der Waals surface area contributed by atoms with Crippen molar-refractivity contribution < 1.29 is 9.84 Å². The Bertz CT molecular complexity index is 910. The second-order valence-corrected chi connectivity index (χ2v) is 8.75. The summed E-state index contributed by atoms with van der Waals surface area (Å²) < 4.78 is 5.71. The van der Waals surface area contributed by atoms with Crippen molar-refractivity contribution in [3.05, 3.63) is 46.6 Å². The highest BCUT2D eigenvalue weighted by Gasteiger charge is 2.20. The Morgan fingerprint density at radius 2 is 2.15 bits per heavy atom. The number of ether oxygens (including phenoxy) is 1. The minimum atomic E-state index is -0.542. The van der Waals surface area contributed by atoms with Crippen LogP contribution < -0.4 is 4.74 Å². The molecule has 3 aromatic rings. The molecular formula is C20H22N2O2S2. The lowest BCUT2D eigenvalue weighted by Gasteiger charge is -2.14. The van der Waals surface area contributed by atoms with Crippen molar-refractivity contribution in [3.8, 4) is 5.75 Å². The second-order valence-electron chi connectivity index (χ2n) is 6.66. The first-order chi connectivity index (χ1) is 12.7. The van der Waals surface area contributed by atoms with E-state index in [1.54, 1.807) is 29.4 Å². The van der Waals surface area contributed by atoms with Gasteiger partial charge in [0.1, 0.15) is 28.5 Å². The van der Waals surface area contributed by atoms with Crippen molar-refractivity contribution in [2.45, 2.75) is 43.7 Å². The largest absolute Gasteiger partial charge is 0.491 e. The van der Waals surface area contributed by atoms with Crippen molar-refractivity contribution >= 4 is 33.3 Å². The van der Waals surface area contributed by atoms with E-state index in [2.05, 4.69) is 9.97 Å². The third-order valence-corrected chi connectivity index (χ3v) is 6.90. The normalized spacial score (nSPS) is 15.0. The van der Waals surface area contributed by atoms with Crippen LogP contribution in [-0.4, -0.2) is 33.5 Å². The van der Waals surface area contributed by atoms with Crippen molar-refractivity contribution in [1.29, 1.82) is 0 Å². The lowest BCUT2D eigenvalue weighted by molar-refractivity contribution is 0.126. The summed E-state index contributed by atoms with van der Waals surface area (Å²) in [7, 11) is 0. The summed E-state index contributed by atoms with van der Waals surface area (Å²) in [5.74, 6) is 1.35. The monoisotopic (exact) mass is 386 g/mol. The van der Waals surface area contributed by atoms with Crippen LogP contribution in [0.4, 0.5) is 0 Å². The van der Waals surface area contributed by atoms with Crippen molar-refractivity contribution in [2.24, 2.45) is 0 Å². The van der Waals surface area contributed by atoms with E-state index in [1.807, 2.05) is 31.2 Å². The Balaban J connectivity index is 1.42. The number of aliphatic hydroxyl groups excluding tert-OH is 1. The van der Waals surface area contributed by atoms with E-state index >= 15 is 0 Å². The molecule has 2 heterocycles. The van der Waals surface area contributed by atoms with Gasteiger partial charge in [0.15, 0.2) is 0 Å². The smallest absolute Gasteiger partial charge is 0.128 e. The molecule has 0 spiro atoms. The molecule has 0 saturated carbocycles. The molecule has 2 aromatic heterocycles. The summed E-state index contributed by atoms with van der Waals surface area (Å²) in [4.78, 5) is 11.5. The molecule has 0 aliphatic heterocycles. The van der Waals surface area contributed by atoms with Gasteiger partial charge in [0.25, 0.3) is 0 Å². The SMILES string of the molecule is Cc1cccc(OC[C@H](O)CSc2ncnc3sc4c(c23)CCCC4)c1. The molecule has 1 aromatic carbocycles. The van der Waals surface area contributed by atoms with Gasteiger partial charge >= 0.3 is 0 Å². The van der Waals surface area contributed by atoms with E-state index in [0.717, 1.165) is 34.0 Å². The van der Waals surface area contributed by atoms with Crippen LogP contribution in [0.1, 0.15) is 28.8 Å². The molecule has 136 valence electrons. The zero-order chi connectivity index (χ0) is 17.9. The van der Waals surface area contributed by atoms with Gasteiger partial charge < -0.3 is 9.84 Å². The van der Waals surface area contributed by atoms with Crippen LogP contribution in [0.25, 0.3) is 10.2 Å². The predicted molar refractivity (Wildman–Crippen MR) is 107 cm³/mol. The van der Waals surface area contributed by atoms with Crippen LogP contribution >= 0.6 is 23.1 Å². The van der Waals surface area contributed by atoms with E-state index in [4.69, 9.17) is 4.74 Å². The second kappa shape index (κ2) is 7.94. The number of thioether (sulfide) groups is 1. The van der Waals surface area contributed by atoms with Crippen LogP contribution in [0, 0.1) is 6.92 Å². The number of aromatic nitrogens is 2. The van der Waals surface area contributed by atoms with Crippen molar-refractivity contribution in [3.63, 3.8) is 0 Å². The summed E-state index contributed by atoms with van der Waals surface area (Å²) in [5, 5.41) is 12.5. The number of fused-ring (bicyclic) bond motifs is 3. The van der Waals surface area contributed by atoms with Crippen LogP contribution in [0.3, 0.4) is 0 Å². The van der Waals surface area contributed by atoms with Gasteiger partial charge in [0.05, 0.1) is 6.10 Å². The summed E-state index contributed by atoms with van der Waals surface area (Å²) in [6.45, 7) is 2.31. The average Bonchev–Trinajstić information content (AvgIpc) is 3.04. The molecule has 0 saturated heterocycles. The fourth-order valence-electron chi connectivity index (χ4n) is 3.29. The number of benzene rings is 1. The van der Waals surface area contributed by atoms with Gasteiger partial charge in [0.2, 0.25) is 0 Å². The van der Waals surface area contributed by atoms with Gasteiger partial charge in [-0.25, -0.2) is 9.97 Å². The molecule has 1 aliphatic carbocycles. The van der Waals surface area contributed by atoms with Crippen LogP contribution in [-0.2, 0) is 12.8 Å². The fourth-order valence-corrected chi connectivity index (χ4v) is 5.52. The van der Waals surface area contributed by atoms with Crippen molar-refractivity contribution in [2.75, 3.05) is 12.4 Å². The summed E-state index contributed by atoms with van der Waals surface area (Å²) in [5.41, 5.74) is 2.59. The molecule has 0 radical (unpaired) electrons. The summed E-state index contributed by atoms with van der Waals surface area (Å²) in [6.07, 6.45) is 5.89. The van der Waals surface area contributed by atoms with Crippen molar-refractivity contribution in [1.82, 2.24) is 9.97 Å². The lowest BCUT2D eigenvalue weighted by atomic mass is 9.97. The molecule has 0 amide bonds. The molecule has 6 heteroatoms. The average molecular weight is 387 g/mol. The van der Waals surface area contributed by atoms with Crippen LogP contribution in [0.5, 0.6) is 5.75 Å². The summed E-state index contributed by atoms with van der Waals surface area (Å²) >= 11 is 3.40. The number of rotatable bonds is 6. The fraction of sp³-hybridized carbons (Fsp3) is 0.400. The van der Waals surface area contributed by atoms with E-state index in [-0.39, 0.29) is 6.61 Å². The molecule has 4 nitrogen and oxygen atoms in total. The maximum Gasteiger partial charge on any atom is 0.128 e. The molecule has 0 unspecified atom stereocenters. The molecule has 4 rings (SSSR count). The zero-order valence-electron chi connectivity index (χ0n) is 14.8. The first-order valence-corrected chi connectivity index (χ1v) is 10.8. The topological polar surface area (TPSA) is 55.2 Å². The Labute approximate surface area is 161 Å². The minimum Gasteiger partial charge on any atom is -0.491 e. The highest BCUT2D eigenvalue weighted by Crippen LogP contribution is 2.39. The number of nitrogens with zero attached hydrogens (tertiary/aromatic N) is 2. The highest BCUT2D eigenvalue weighted by atomic mass is 32.2. The Kier molecular flexibility index (Phi) is 5.43. The van der Waals surface area contributed by atoms with Gasteiger partial charge in [-0.1, -0.05) is 12.1 Å². The standard InChI is InChI=1S/C20H22N2O2S2/c1-13-5-4-6-15(9-13)24-10-14(23)11-25-19-18-16-7-2-3-8-17(16)26-20(18)22-12-21-19/h4-6,9,12,14,23H,2-3,7-8,10-11H2,1H3/t14-/m0/s1. The Morgan fingerprint density at radius 1 is 1.27 bits per heavy atom. The van der Waals surface area contributed by atoms with Crippen LogP contribution in [0.2, 0.25) is 0 Å². The van der Waals surface area contributed by atoms with E-state index in [9.17, 15) is 5.11 Å². The molecule has 0 fully saturated rings.